The minimum Gasteiger partial charge on any atom is -0.367 e. The van der Waals surface area contributed by atoms with E-state index < -0.39 is 0 Å². The van der Waals surface area contributed by atoms with Gasteiger partial charge in [0.25, 0.3) is 5.91 Å². The molecule has 3 aromatic rings. The number of imide groups is 1. The van der Waals surface area contributed by atoms with Crippen molar-refractivity contribution < 1.29 is 9.59 Å². The van der Waals surface area contributed by atoms with E-state index in [0.717, 1.165) is 24.3 Å². The average Bonchev–Trinajstić information content (AvgIpc) is 3.32. The van der Waals surface area contributed by atoms with Gasteiger partial charge in [0.2, 0.25) is 5.91 Å². The van der Waals surface area contributed by atoms with Gasteiger partial charge in [-0.2, -0.15) is 9.61 Å². The second kappa shape index (κ2) is 6.45. The predicted molar refractivity (Wildman–Crippen MR) is 103 cm³/mol. The monoisotopic (exact) mass is 375 g/mol. The number of hydrogen-bond acceptors (Lipinski definition) is 7. The Bertz CT molecular complexity index is 1120. The summed E-state index contributed by atoms with van der Waals surface area (Å²) in [5.41, 5.74) is 2.49. The van der Waals surface area contributed by atoms with Crippen LogP contribution in [0.4, 0.5) is 17.3 Å². The van der Waals surface area contributed by atoms with E-state index in [0.29, 0.717) is 28.6 Å². The van der Waals surface area contributed by atoms with E-state index in [2.05, 4.69) is 31.0 Å². The molecule has 3 N–H and O–H groups in total. The predicted octanol–water partition coefficient (Wildman–Crippen LogP) is 1.87. The fourth-order valence-corrected chi connectivity index (χ4v) is 3.08. The summed E-state index contributed by atoms with van der Waals surface area (Å²) in [6.45, 7) is 0. The summed E-state index contributed by atoms with van der Waals surface area (Å²) in [6.07, 6.45) is 9.05. The Kier molecular flexibility index (Phi) is 3.78. The highest BCUT2D eigenvalue weighted by atomic mass is 16.2. The van der Waals surface area contributed by atoms with E-state index in [1.807, 2.05) is 18.2 Å². The fraction of sp³-hybridized carbons (Fsp3) is 0.211. The highest BCUT2D eigenvalue weighted by Crippen LogP contribution is 2.28. The lowest BCUT2D eigenvalue weighted by Gasteiger charge is -2.11. The van der Waals surface area contributed by atoms with E-state index in [1.165, 1.54) is 0 Å². The number of pyridine rings is 1. The maximum atomic E-state index is 11.9. The zero-order valence-electron chi connectivity index (χ0n) is 14.8. The van der Waals surface area contributed by atoms with E-state index >= 15 is 0 Å². The van der Waals surface area contributed by atoms with Gasteiger partial charge in [-0.3, -0.25) is 19.9 Å². The van der Waals surface area contributed by atoms with Gasteiger partial charge in [0.05, 0.1) is 24.5 Å². The lowest BCUT2D eigenvalue weighted by Crippen LogP contribution is -2.19. The largest absolute Gasteiger partial charge is 0.367 e. The quantitative estimate of drug-likeness (QED) is 0.461. The molecule has 1 saturated carbocycles. The lowest BCUT2D eigenvalue weighted by atomic mass is 10.1. The van der Waals surface area contributed by atoms with Gasteiger partial charge < -0.3 is 10.6 Å². The Hall–Kier alpha value is -3.75. The molecule has 0 aromatic carbocycles. The molecule has 28 heavy (non-hydrogen) atoms. The number of rotatable bonds is 5. The van der Waals surface area contributed by atoms with Gasteiger partial charge in [0.1, 0.15) is 11.6 Å². The molecule has 140 valence electrons. The highest BCUT2D eigenvalue weighted by molar-refractivity contribution is 6.15. The molecule has 2 fully saturated rings. The molecule has 0 unspecified atom stereocenters. The molecule has 9 heteroatoms. The van der Waals surface area contributed by atoms with Crippen LogP contribution in [0.2, 0.25) is 0 Å². The molecule has 2 aliphatic rings. The van der Waals surface area contributed by atoms with Crippen molar-refractivity contribution in [2.24, 2.45) is 0 Å². The number of nitrogens with one attached hydrogen (secondary N) is 3. The number of hydrogen-bond donors (Lipinski definition) is 3. The van der Waals surface area contributed by atoms with Crippen LogP contribution >= 0.6 is 0 Å². The van der Waals surface area contributed by atoms with Gasteiger partial charge in [0.15, 0.2) is 5.65 Å². The summed E-state index contributed by atoms with van der Waals surface area (Å²) < 4.78 is 1.72. The fourth-order valence-electron chi connectivity index (χ4n) is 3.08. The first kappa shape index (κ1) is 16.4. The van der Waals surface area contributed by atoms with Crippen LogP contribution in [0.15, 0.2) is 42.4 Å². The van der Waals surface area contributed by atoms with Gasteiger partial charge in [0, 0.05) is 29.4 Å². The summed E-state index contributed by atoms with van der Waals surface area (Å²) in [7, 11) is 0. The van der Waals surface area contributed by atoms with Crippen LogP contribution < -0.4 is 16.0 Å². The average molecular weight is 375 g/mol. The SMILES string of the molecule is O=C1CC(=Cc2cnn3c(NC4CC4)cc(Nc4cccnc4)nc23)C(=O)N1. The van der Waals surface area contributed by atoms with Crippen molar-refractivity contribution in [2.45, 2.75) is 25.3 Å². The van der Waals surface area contributed by atoms with Crippen LogP contribution in [0.3, 0.4) is 0 Å². The van der Waals surface area contributed by atoms with Crippen molar-refractivity contribution in [1.29, 1.82) is 0 Å². The first-order valence-corrected chi connectivity index (χ1v) is 9.03. The summed E-state index contributed by atoms with van der Waals surface area (Å²) in [4.78, 5) is 32.1. The summed E-state index contributed by atoms with van der Waals surface area (Å²) >= 11 is 0. The molecule has 0 radical (unpaired) electrons. The minimum absolute atomic E-state index is 0.0664. The number of amides is 2. The Balaban J connectivity index is 1.58. The van der Waals surface area contributed by atoms with Gasteiger partial charge in [-0.1, -0.05) is 0 Å². The molecule has 5 rings (SSSR count). The molecule has 1 saturated heterocycles. The minimum atomic E-state index is -0.370. The Labute approximate surface area is 159 Å². The summed E-state index contributed by atoms with van der Waals surface area (Å²) in [6, 6.07) is 6.07. The lowest BCUT2D eigenvalue weighted by molar-refractivity contribution is -0.124. The number of carbonyl (C=O) groups is 2. The summed E-state index contributed by atoms with van der Waals surface area (Å²) in [5.74, 6) is 0.785. The first-order chi connectivity index (χ1) is 13.7. The molecule has 0 bridgehead atoms. The zero-order chi connectivity index (χ0) is 19.1. The van der Waals surface area contributed by atoms with Gasteiger partial charge in [-0.25, -0.2) is 4.98 Å². The molecule has 3 aromatic heterocycles. The van der Waals surface area contributed by atoms with Gasteiger partial charge in [-0.05, 0) is 31.1 Å². The van der Waals surface area contributed by atoms with Gasteiger partial charge >= 0.3 is 0 Å². The Morgan fingerprint density at radius 1 is 1.25 bits per heavy atom. The van der Waals surface area contributed by atoms with Crippen molar-refractivity contribution in [3.8, 4) is 0 Å². The Morgan fingerprint density at radius 2 is 2.14 bits per heavy atom. The third-order valence-electron chi connectivity index (χ3n) is 4.59. The van der Waals surface area contributed by atoms with Crippen LogP contribution in [0, 0.1) is 0 Å². The van der Waals surface area contributed by atoms with E-state index in [1.54, 1.807) is 29.2 Å². The standard InChI is InChI=1S/C19H17N7O2/c27-17-7-11(19(28)25-17)6-12-9-21-26-16(23-13-3-4-13)8-15(24-18(12)26)22-14-2-1-5-20-10-14/h1-2,5-6,8-10,13,23H,3-4,7H2,(H,22,24)(H,25,27,28). The van der Waals surface area contributed by atoms with Crippen molar-refractivity contribution in [1.82, 2.24) is 24.9 Å². The number of aromatic nitrogens is 4. The molecule has 4 heterocycles. The third kappa shape index (κ3) is 3.18. The maximum absolute atomic E-state index is 11.9. The van der Waals surface area contributed by atoms with Crippen molar-refractivity contribution in [3.63, 3.8) is 0 Å². The van der Waals surface area contributed by atoms with E-state index in [9.17, 15) is 9.59 Å². The summed E-state index contributed by atoms with van der Waals surface area (Å²) in [5, 5.41) is 13.4. The van der Waals surface area contributed by atoms with Gasteiger partial charge in [-0.15, -0.1) is 0 Å². The molecule has 1 aliphatic heterocycles. The molecule has 1 aliphatic carbocycles. The zero-order valence-corrected chi connectivity index (χ0v) is 14.8. The van der Waals surface area contributed by atoms with Crippen molar-refractivity contribution in [2.75, 3.05) is 10.6 Å². The maximum Gasteiger partial charge on any atom is 0.254 e. The second-order valence-corrected chi connectivity index (χ2v) is 6.87. The second-order valence-electron chi connectivity index (χ2n) is 6.87. The van der Waals surface area contributed by atoms with Crippen LogP contribution in [-0.2, 0) is 9.59 Å². The normalized spacial score (nSPS) is 17.9. The third-order valence-corrected chi connectivity index (χ3v) is 4.59. The molecule has 2 amide bonds. The smallest absolute Gasteiger partial charge is 0.254 e. The van der Waals surface area contributed by atoms with Crippen LogP contribution in [-0.4, -0.2) is 37.4 Å². The molecule has 0 atom stereocenters. The number of anilines is 3. The van der Waals surface area contributed by atoms with Crippen LogP contribution in [0.1, 0.15) is 24.8 Å². The molecule has 9 nitrogen and oxygen atoms in total. The highest BCUT2D eigenvalue weighted by Gasteiger charge is 2.25. The first-order valence-electron chi connectivity index (χ1n) is 9.03. The number of fused-ring (bicyclic) bond motifs is 1. The Morgan fingerprint density at radius 3 is 2.86 bits per heavy atom. The molecule has 0 spiro atoms. The van der Waals surface area contributed by atoms with Crippen LogP contribution in [0.25, 0.3) is 11.7 Å². The van der Waals surface area contributed by atoms with E-state index in [-0.39, 0.29) is 18.2 Å². The van der Waals surface area contributed by atoms with E-state index in [4.69, 9.17) is 0 Å². The molecular weight excluding hydrogens is 358 g/mol. The van der Waals surface area contributed by atoms with Crippen LogP contribution in [0.5, 0.6) is 0 Å². The molecular formula is C19H17N7O2. The number of carbonyl (C=O) groups excluding carboxylic acids is 2. The number of nitrogens with zero attached hydrogens (tertiary/aromatic N) is 4. The topological polar surface area (TPSA) is 113 Å². The van der Waals surface area contributed by atoms with Crippen molar-refractivity contribution >= 4 is 40.9 Å². The van der Waals surface area contributed by atoms with Crippen molar-refractivity contribution in [3.05, 3.63) is 47.9 Å².